The summed E-state index contributed by atoms with van der Waals surface area (Å²) in [5, 5.41) is 0.840. The third-order valence-electron chi connectivity index (χ3n) is 2.56. The van der Waals surface area contributed by atoms with Gasteiger partial charge in [0.2, 0.25) is 0 Å². The van der Waals surface area contributed by atoms with E-state index in [2.05, 4.69) is 41.8 Å². The Bertz CT molecular complexity index is 580. The van der Waals surface area contributed by atoms with Gasteiger partial charge in [0.15, 0.2) is 0 Å². The summed E-state index contributed by atoms with van der Waals surface area (Å²) >= 11 is 11.8. The Morgan fingerprint density at radius 3 is 2.15 bits per heavy atom. The molecule has 1 aromatic heterocycles. The van der Waals surface area contributed by atoms with Gasteiger partial charge in [0.05, 0.1) is 7.11 Å². The first-order valence-electron chi connectivity index (χ1n) is 5.85. The Kier molecular flexibility index (Phi) is 6.49. The second kappa shape index (κ2) is 7.88. The third kappa shape index (κ3) is 4.83. The first-order valence-corrected chi connectivity index (χ1v) is 6.60. The first-order chi connectivity index (χ1) is 9.47. The standard InChI is InChI=1S/C13H11Cl2N.C2H4O2/c1-8-3-4-9(2)11(5-8)10-6-12(14)16-13(15)7-10;1-4-2-3/h3-7H,1-2H3;2H,1H3. The lowest BCUT2D eigenvalue weighted by Gasteiger charge is -2.08. The SMILES string of the molecule is COC=O.Cc1ccc(C)c(-c2cc(Cl)nc(Cl)c2)c1. The van der Waals surface area contributed by atoms with Crippen molar-refractivity contribution in [1.29, 1.82) is 0 Å². The van der Waals surface area contributed by atoms with Crippen molar-refractivity contribution in [3.63, 3.8) is 0 Å². The van der Waals surface area contributed by atoms with E-state index in [0.29, 0.717) is 16.8 Å². The van der Waals surface area contributed by atoms with Crippen LogP contribution in [0.5, 0.6) is 0 Å². The fourth-order valence-electron chi connectivity index (χ4n) is 1.67. The van der Waals surface area contributed by atoms with Crippen LogP contribution in [-0.4, -0.2) is 18.6 Å². The zero-order chi connectivity index (χ0) is 15.1. The summed E-state index contributed by atoms with van der Waals surface area (Å²) in [6, 6.07) is 9.96. The van der Waals surface area contributed by atoms with Gasteiger partial charge in [0.25, 0.3) is 6.47 Å². The van der Waals surface area contributed by atoms with Gasteiger partial charge in [-0.15, -0.1) is 0 Å². The fourth-order valence-corrected chi connectivity index (χ4v) is 2.13. The number of carbonyl (C=O) groups is 1. The maximum atomic E-state index is 8.95. The summed E-state index contributed by atoms with van der Waals surface area (Å²) in [7, 11) is 1.31. The van der Waals surface area contributed by atoms with Crippen LogP contribution in [0.1, 0.15) is 11.1 Å². The van der Waals surface area contributed by atoms with Gasteiger partial charge in [-0.05, 0) is 42.7 Å². The maximum absolute atomic E-state index is 8.95. The second-order valence-corrected chi connectivity index (χ2v) is 4.93. The molecule has 0 radical (unpaired) electrons. The number of methoxy groups -OCH3 is 1. The zero-order valence-corrected chi connectivity index (χ0v) is 13.0. The Balaban J connectivity index is 0.000000444. The number of aryl methyl sites for hydroxylation is 2. The molecule has 5 heteroatoms. The molecule has 0 aliphatic rings. The van der Waals surface area contributed by atoms with E-state index in [-0.39, 0.29) is 0 Å². The predicted molar refractivity (Wildman–Crippen MR) is 82.2 cm³/mol. The number of hydrogen-bond acceptors (Lipinski definition) is 3. The van der Waals surface area contributed by atoms with Crippen molar-refractivity contribution in [2.24, 2.45) is 0 Å². The molecular formula is C15H15Cl2NO2. The van der Waals surface area contributed by atoms with Crippen LogP contribution in [-0.2, 0) is 9.53 Å². The number of carbonyl (C=O) groups excluding carboxylic acids is 1. The molecule has 0 saturated heterocycles. The summed E-state index contributed by atoms with van der Waals surface area (Å²) in [6.45, 7) is 4.50. The van der Waals surface area contributed by atoms with Crippen LogP contribution in [0.15, 0.2) is 30.3 Å². The molecule has 0 unspecified atom stereocenters. The third-order valence-corrected chi connectivity index (χ3v) is 2.95. The maximum Gasteiger partial charge on any atom is 0.292 e. The van der Waals surface area contributed by atoms with Crippen LogP contribution in [0.4, 0.5) is 0 Å². The van der Waals surface area contributed by atoms with Gasteiger partial charge >= 0.3 is 0 Å². The van der Waals surface area contributed by atoms with Crippen molar-refractivity contribution >= 4 is 29.7 Å². The van der Waals surface area contributed by atoms with Crippen molar-refractivity contribution < 1.29 is 9.53 Å². The van der Waals surface area contributed by atoms with Gasteiger partial charge in [-0.25, -0.2) is 4.98 Å². The highest BCUT2D eigenvalue weighted by Crippen LogP contribution is 2.28. The van der Waals surface area contributed by atoms with Crippen LogP contribution in [0.25, 0.3) is 11.1 Å². The minimum atomic E-state index is 0.375. The number of hydrogen-bond donors (Lipinski definition) is 0. The van der Waals surface area contributed by atoms with Crippen molar-refractivity contribution in [2.45, 2.75) is 13.8 Å². The van der Waals surface area contributed by atoms with E-state index >= 15 is 0 Å². The van der Waals surface area contributed by atoms with E-state index in [0.717, 1.165) is 11.1 Å². The lowest BCUT2D eigenvalue weighted by molar-refractivity contribution is -0.126. The Hall–Kier alpha value is -1.58. The van der Waals surface area contributed by atoms with Crippen LogP contribution in [0, 0.1) is 13.8 Å². The van der Waals surface area contributed by atoms with Crippen molar-refractivity contribution in [3.05, 3.63) is 51.8 Å². The molecule has 0 aliphatic carbocycles. The number of pyridine rings is 1. The number of halogens is 2. The molecule has 0 atom stereocenters. The monoisotopic (exact) mass is 311 g/mol. The minimum Gasteiger partial charge on any atom is -0.471 e. The summed E-state index contributed by atoms with van der Waals surface area (Å²) in [5.74, 6) is 0. The van der Waals surface area contributed by atoms with Crippen LogP contribution >= 0.6 is 23.2 Å². The van der Waals surface area contributed by atoms with E-state index in [1.165, 1.54) is 18.2 Å². The largest absolute Gasteiger partial charge is 0.471 e. The van der Waals surface area contributed by atoms with Gasteiger partial charge in [0, 0.05) is 0 Å². The van der Waals surface area contributed by atoms with E-state index in [9.17, 15) is 0 Å². The van der Waals surface area contributed by atoms with Crippen LogP contribution in [0.3, 0.4) is 0 Å². The number of benzene rings is 1. The molecule has 0 N–H and O–H groups in total. The lowest BCUT2D eigenvalue weighted by atomic mass is 9.99. The van der Waals surface area contributed by atoms with Crippen molar-refractivity contribution in [2.75, 3.05) is 7.11 Å². The second-order valence-electron chi connectivity index (χ2n) is 4.15. The normalized spacial score (nSPS) is 9.45. The quantitative estimate of drug-likeness (QED) is 0.607. The molecule has 1 heterocycles. The molecule has 0 bridgehead atoms. The van der Waals surface area contributed by atoms with Crippen LogP contribution < -0.4 is 0 Å². The number of aromatic nitrogens is 1. The first kappa shape index (κ1) is 16.5. The average molecular weight is 312 g/mol. The molecule has 0 amide bonds. The van der Waals surface area contributed by atoms with E-state index in [4.69, 9.17) is 28.0 Å². The molecule has 0 saturated carbocycles. The summed E-state index contributed by atoms with van der Waals surface area (Å²) in [6.07, 6.45) is 0. The lowest BCUT2D eigenvalue weighted by Crippen LogP contribution is -1.87. The van der Waals surface area contributed by atoms with Crippen molar-refractivity contribution in [3.8, 4) is 11.1 Å². The zero-order valence-electron chi connectivity index (χ0n) is 11.5. The summed E-state index contributed by atoms with van der Waals surface area (Å²) in [5.41, 5.74) is 4.56. The Morgan fingerprint density at radius 1 is 1.10 bits per heavy atom. The van der Waals surface area contributed by atoms with Crippen LogP contribution in [0.2, 0.25) is 10.3 Å². The minimum absolute atomic E-state index is 0.375. The molecular weight excluding hydrogens is 297 g/mol. The number of ether oxygens (including phenoxy) is 1. The van der Waals surface area contributed by atoms with Gasteiger partial charge in [0.1, 0.15) is 10.3 Å². The molecule has 0 aliphatic heterocycles. The average Bonchev–Trinajstić information content (AvgIpc) is 2.40. The highest BCUT2D eigenvalue weighted by Gasteiger charge is 2.05. The van der Waals surface area contributed by atoms with Crippen molar-refractivity contribution in [1.82, 2.24) is 4.98 Å². The smallest absolute Gasteiger partial charge is 0.292 e. The highest BCUT2D eigenvalue weighted by molar-refractivity contribution is 6.32. The molecule has 0 fully saturated rings. The highest BCUT2D eigenvalue weighted by atomic mass is 35.5. The van der Waals surface area contributed by atoms with Gasteiger partial charge in [-0.2, -0.15) is 0 Å². The number of rotatable bonds is 2. The Morgan fingerprint density at radius 2 is 1.65 bits per heavy atom. The predicted octanol–water partition coefficient (Wildman–Crippen LogP) is 4.46. The molecule has 20 heavy (non-hydrogen) atoms. The molecule has 2 aromatic rings. The molecule has 3 nitrogen and oxygen atoms in total. The molecule has 2 rings (SSSR count). The van der Waals surface area contributed by atoms with E-state index in [1.54, 1.807) is 0 Å². The summed E-state index contributed by atoms with van der Waals surface area (Å²) in [4.78, 5) is 12.9. The summed E-state index contributed by atoms with van der Waals surface area (Å²) < 4.78 is 3.86. The van der Waals surface area contributed by atoms with Gasteiger partial charge in [-0.1, -0.05) is 47.0 Å². The molecule has 106 valence electrons. The Labute approximate surface area is 128 Å². The molecule has 0 spiro atoms. The van der Waals surface area contributed by atoms with E-state index < -0.39 is 0 Å². The van der Waals surface area contributed by atoms with E-state index in [1.807, 2.05) is 12.1 Å². The topological polar surface area (TPSA) is 39.2 Å². The fraction of sp³-hybridized carbons (Fsp3) is 0.200. The molecule has 1 aromatic carbocycles. The van der Waals surface area contributed by atoms with Gasteiger partial charge in [-0.3, -0.25) is 4.79 Å². The number of nitrogens with zero attached hydrogens (tertiary/aromatic N) is 1. The van der Waals surface area contributed by atoms with Gasteiger partial charge < -0.3 is 4.74 Å².